The molecule has 0 aliphatic heterocycles. The first-order chi connectivity index (χ1) is 10.5. The number of aliphatic carboxylic acids is 1. The second-order valence-electron chi connectivity index (χ2n) is 5.11. The number of nitrogens with one attached hydrogen (secondary N) is 1. The summed E-state index contributed by atoms with van der Waals surface area (Å²) in [5.74, 6) is -3.03. The first-order valence-corrected chi connectivity index (χ1v) is 8.26. The van der Waals surface area contributed by atoms with Crippen LogP contribution >= 0.6 is 0 Å². The monoisotopic (exact) mass is 342 g/mol. The van der Waals surface area contributed by atoms with Crippen molar-refractivity contribution < 1.29 is 27.9 Å². The molecule has 0 spiro atoms. The molecular weight excluding hydrogens is 324 g/mol. The molecule has 2 amide bonds. The van der Waals surface area contributed by atoms with Gasteiger partial charge in [-0.05, 0) is 31.2 Å². The summed E-state index contributed by atoms with van der Waals surface area (Å²) in [6.07, 6.45) is 0. The number of benzene rings is 1. The quantitative estimate of drug-likeness (QED) is 0.735. The minimum atomic E-state index is -3.80. The molecule has 1 unspecified atom stereocenters. The Morgan fingerprint density at radius 2 is 1.70 bits per heavy atom. The van der Waals surface area contributed by atoms with Crippen LogP contribution in [-0.4, -0.2) is 62.1 Å². The molecule has 0 aromatic heterocycles. The minimum Gasteiger partial charge on any atom is -0.480 e. The smallest absolute Gasteiger partial charge is 0.325 e. The van der Waals surface area contributed by atoms with Gasteiger partial charge in [-0.15, -0.1) is 0 Å². The maximum absolute atomic E-state index is 12.1. The number of sulfone groups is 1. The van der Waals surface area contributed by atoms with E-state index in [1.807, 2.05) is 0 Å². The molecule has 0 fully saturated rings. The van der Waals surface area contributed by atoms with E-state index in [0.717, 1.165) is 0 Å². The highest BCUT2D eigenvalue weighted by molar-refractivity contribution is 7.92. The van der Waals surface area contributed by atoms with Crippen LogP contribution in [0, 0.1) is 0 Å². The Hall–Kier alpha value is -2.42. The van der Waals surface area contributed by atoms with E-state index in [0.29, 0.717) is 0 Å². The van der Waals surface area contributed by atoms with Crippen LogP contribution in [0.5, 0.6) is 0 Å². The van der Waals surface area contributed by atoms with Crippen LogP contribution in [0.3, 0.4) is 0 Å². The lowest BCUT2D eigenvalue weighted by Crippen LogP contribution is -2.38. The van der Waals surface area contributed by atoms with Crippen molar-refractivity contribution in [1.29, 1.82) is 0 Å². The Labute approximate surface area is 134 Å². The van der Waals surface area contributed by atoms with Crippen LogP contribution < -0.4 is 5.32 Å². The van der Waals surface area contributed by atoms with E-state index in [9.17, 15) is 22.8 Å². The fraction of sp³-hybridized carbons (Fsp3) is 0.357. The van der Waals surface area contributed by atoms with Gasteiger partial charge in [-0.25, -0.2) is 8.42 Å². The van der Waals surface area contributed by atoms with E-state index in [2.05, 4.69) is 5.32 Å². The molecule has 0 saturated carbocycles. The highest BCUT2D eigenvalue weighted by atomic mass is 32.2. The van der Waals surface area contributed by atoms with E-state index < -0.39 is 39.4 Å². The number of carbonyl (C=O) groups is 3. The zero-order chi connectivity index (χ0) is 17.8. The molecule has 126 valence electrons. The van der Waals surface area contributed by atoms with Gasteiger partial charge < -0.3 is 15.3 Å². The average Bonchev–Trinajstić information content (AvgIpc) is 2.46. The van der Waals surface area contributed by atoms with E-state index in [-0.39, 0.29) is 10.5 Å². The van der Waals surface area contributed by atoms with Crippen LogP contribution in [0.4, 0.5) is 0 Å². The van der Waals surface area contributed by atoms with Gasteiger partial charge in [0.1, 0.15) is 11.8 Å². The molecule has 1 atom stereocenters. The van der Waals surface area contributed by atoms with E-state index >= 15 is 0 Å². The average molecular weight is 342 g/mol. The maximum Gasteiger partial charge on any atom is 0.325 e. The maximum atomic E-state index is 12.1. The number of carboxylic acid groups (broad SMARTS) is 1. The number of nitrogens with zero attached hydrogens (tertiary/aromatic N) is 1. The Kier molecular flexibility index (Phi) is 5.85. The normalized spacial score (nSPS) is 12.3. The standard InChI is InChI=1S/C14H18N2O6S/c1-9(14(19)20)15-13(18)10-4-6-11(7-5-10)23(21,22)8-12(17)16(2)3/h4-7,9H,8H2,1-3H3,(H,15,18)(H,19,20). The van der Waals surface area contributed by atoms with Crippen molar-refractivity contribution in [1.82, 2.24) is 10.2 Å². The molecule has 2 N–H and O–H groups in total. The van der Waals surface area contributed by atoms with Gasteiger partial charge in [0.05, 0.1) is 4.90 Å². The highest BCUT2D eigenvalue weighted by Gasteiger charge is 2.21. The lowest BCUT2D eigenvalue weighted by molar-refractivity contribution is -0.138. The third-order valence-electron chi connectivity index (χ3n) is 3.01. The molecule has 1 rings (SSSR count). The molecular formula is C14H18N2O6S. The van der Waals surface area contributed by atoms with Gasteiger partial charge >= 0.3 is 5.97 Å². The van der Waals surface area contributed by atoms with E-state index in [1.54, 1.807) is 0 Å². The first-order valence-electron chi connectivity index (χ1n) is 6.61. The van der Waals surface area contributed by atoms with Crippen LogP contribution in [-0.2, 0) is 19.4 Å². The summed E-state index contributed by atoms with van der Waals surface area (Å²) in [7, 11) is -0.894. The fourth-order valence-corrected chi connectivity index (χ4v) is 2.83. The van der Waals surface area contributed by atoms with Crippen molar-refractivity contribution in [2.24, 2.45) is 0 Å². The molecule has 1 aromatic carbocycles. The lowest BCUT2D eigenvalue weighted by atomic mass is 10.2. The lowest BCUT2D eigenvalue weighted by Gasteiger charge is -2.11. The van der Waals surface area contributed by atoms with Gasteiger partial charge in [-0.3, -0.25) is 14.4 Å². The predicted molar refractivity (Wildman–Crippen MR) is 81.8 cm³/mol. The summed E-state index contributed by atoms with van der Waals surface area (Å²) in [5.41, 5.74) is 0.121. The SMILES string of the molecule is CC(NC(=O)c1ccc(S(=O)(=O)CC(=O)N(C)C)cc1)C(=O)O. The second-order valence-corrected chi connectivity index (χ2v) is 7.09. The molecule has 0 aliphatic rings. The predicted octanol–water partition coefficient (Wildman–Crippen LogP) is -0.249. The molecule has 0 aliphatic carbocycles. The van der Waals surface area contributed by atoms with E-state index in [4.69, 9.17) is 5.11 Å². The van der Waals surface area contributed by atoms with Crippen LogP contribution in [0.15, 0.2) is 29.2 Å². The number of carbonyl (C=O) groups excluding carboxylic acids is 2. The number of amides is 2. The summed E-state index contributed by atoms with van der Waals surface area (Å²) in [5, 5.41) is 11.0. The summed E-state index contributed by atoms with van der Waals surface area (Å²) >= 11 is 0. The zero-order valence-corrected chi connectivity index (χ0v) is 13.8. The largest absolute Gasteiger partial charge is 0.480 e. The van der Waals surface area contributed by atoms with Crippen molar-refractivity contribution in [2.45, 2.75) is 17.9 Å². The number of carboxylic acids is 1. The molecule has 1 aromatic rings. The van der Waals surface area contributed by atoms with Crippen molar-refractivity contribution >= 4 is 27.6 Å². The van der Waals surface area contributed by atoms with Crippen molar-refractivity contribution in [3.63, 3.8) is 0 Å². The Morgan fingerprint density at radius 3 is 2.13 bits per heavy atom. The molecule has 0 saturated heterocycles. The van der Waals surface area contributed by atoms with Gasteiger partial charge in [0.15, 0.2) is 9.84 Å². The summed E-state index contributed by atoms with van der Waals surface area (Å²) in [4.78, 5) is 35.1. The summed E-state index contributed by atoms with van der Waals surface area (Å²) in [6, 6.07) is 3.87. The number of rotatable bonds is 6. The molecule has 23 heavy (non-hydrogen) atoms. The van der Waals surface area contributed by atoms with Gasteiger partial charge in [0, 0.05) is 19.7 Å². The Balaban J connectivity index is 2.90. The van der Waals surface area contributed by atoms with Crippen LogP contribution in [0.25, 0.3) is 0 Å². The minimum absolute atomic E-state index is 0.0875. The number of hydrogen-bond acceptors (Lipinski definition) is 5. The van der Waals surface area contributed by atoms with Crippen LogP contribution in [0.1, 0.15) is 17.3 Å². The van der Waals surface area contributed by atoms with Crippen molar-refractivity contribution in [2.75, 3.05) is 19.8 Å². The van der Waals surface area contributed by atoms with Gasteiger partial charge in [0.25, 0.3) is 5.91 Å². The van der Waals surface area contributed by atoms with Crippen molar-refractivity contribution in [3.8, 4) is 0 Å². The highest BCUT2D eigenvalue weighted by Crippen LogP contribution is 2.13. The van der Waals surface area contributed by atoms with E-state index in [1.165, 1.54) is 50.2 Å². The molecule has 0 radical (unpaired) electrons. The molecule has 9 heteroatoms. The first kappa shape index (κ1) is 18.6. The molecule has 0 bridgehead atoms. The Morgan fingerprint density at radius 1 is 1.17 bits per heavy atom. The van der Waals surface area contributed by atoms with Gasteiger partial charge in [0.2, 0.25) is 5.91 Å². The molecule has 8 nitrogen and oxygen atoms in total. The summed E-state index contributed by atoms with van der Waals surface area (Å²) in [6.45, 7) is 1.31. The number of hydrogen-bond donors (Lipinski definition) is 2. The van der Waals surface area contributed by atoms with Gasteiger partial charge in [-0.2, -0.15) is 0 Å². The third-order valence-corrected chi connectivity index (χ3v) is 4.62. The van der Waals surface area contributed by atoms with Gasteiger partial charge in [-0.1, -0.05) is 0 Å². The Bertz CT molecular complexity index is 709. The van der Waals surface area contributed by atoms with Crippen molar-refractivity contribution in [3.05, 3.63) is 29.8 Å². The second kappa shape index (κ2) is 7.23. The third kappa shape index (κ3) is 5.06. The summed E-state index contributed by atoms with van der Waals surface area (Å²) < 4.78 is 24.1. The fourth-order valence-electron chi connectivity index (χ4n) is 1.53. The zero-order valence-electron chi connectivity index (χ0n) is 12.9. The molecule has 0 heterocycles. The van der Waals surface area contributed by atoms with Crippen LogP contribution in [0.2, 0.25) is 0 Å². The topological polar surface area (TPSA) is 121 Å².